The highest BCUT2D eigenvalue weighted by Gasteiger charge is 2.30. The van der Waals surface area contributed by atoms with Gasteiger partial charge in [0, 0.05) is 43.3 Å². The fourth-order valence-electron chi connectivity index (χ4n) is 5.51. The zero-order valence-corrected chi connectivity index (χ0v) is 24.1. The molecular formula is C31H31ClFN5O3. The molecule has 4 aromatic rings. The van der Waals surface area contributed by atoms with Crippen molar-refractivity contribution in [2.24, 2.45) is 0 Å². The number of carbonyl (C=O) groups is 1. The van der Waals surface area contributed by atoms with Crippen LogP contribution in [0.4, 0.5) is 10.1 Å². The molecule has 1 atom stereocenters. The minimum absolute atomic E-state index is 0.00981. The molecule has 41 heavy (non-hydrogen) atoms. The molecule has 1 fully saturated rings. The van der Waals surface area contributed by atoms with Gasteiger partial charge in [-0.2, -0.15) is 0 Å². The van der Waals surface area contributed by atoms with Gasteiger partial charge in [0.2, 0.25) is 5.91 Å². The molecule has 0 saturated carbocycles. The average molecular weight is 576 g/mol. The Hall–Kier alpha value is -4.24. The van der Waals surface area contributed by atoms with Gasteiger partial charge in [-0.25, -0.2) is 9.37 Å². The lowest BCUT2D eigenvalue weighted by molar-refractivity contribution is -0.126. The lowest BCUT2D eigenvalue weighted by atomic mass is 10.0. The Kier molecular flexibility index (Phi) is 7.57. The summed E-state index contributed by atoms with van der Waals surface area (Å²) in [6.07, 6.45) is 3.00. The second kappa shape index (κ2) is 11.0. The summed E-state index contributed by atoms with van der Waals surface area (Å²) in [5, 5.41) is 11.2. The maximum Gasteiger partial charge on any atom is 0.258 e. The van der Waals surface area contributed by atoms with Gasteiger partial charge in [-0.1, -0.05) is 38.1 Å². The molecule has 5 rings (SSSR count). The molecule has 10 heteroatoms. The first-order chi connectivity index (χ1) is 19.5. The van der Waals surface area contributed by atoms with Crippen LogP contribution in [-0.2, 0) is 4.79 Å². The largest absolute Gasteiger partial charge is 0.507 e. The number of rotatable bonds is 5. The molecule has 1 unspecified atom stereocenters. The van der Waals surface area contributed by atoms with E-state index in [0.29, 0.717) is 42.1 Å². The van der Waals surface area contributed by atoms with E-state index in [1.54, 1.807) is 23.2 Å². The van der Waals surface area contributed by atoms with Gasteiger partial charge in [0.25, 0.3) is 5.56 Å². The van der Waals surface area contributed by atoms with E-state index in [0.717, 1.165) is 5.56 Å². The first-order valence-corrected chi connectivity index (χ1v) is 13.8. The quantitative estimate of drug-likeness (QED) is 0.311. The van der Waals surface area contributed by atoms with E-state index in [1.807, 2.05) is 33.8 Å². The van der Waals surface area contributed by atoms with Gasteiger partial charge in [0.15, 0.2) is 0 Å². The number of anilines is 1. The minimum atomic E-state index is -0.694. The predicted octanol–water partition coefficient (Wildman–Crippen LogP) is 5.60. The first kappa shape index (κ1) is 28.3. The number of phenolic OH excluding ortho intramolecular Hbond substituents is 1. The SMILES string of the molecule is C=CC(=O)N1CCN(c2cc(=O)n(-c3c(C)ccnc3C(C)C)c3nc(-c4c(O)cccc4F)c(Cl)cc23)C(C)C1. The highest BCUT2D eigenvalue weighted by Crippen LogP contribution is 2.39. The van der Waals surface area contributed by atoms with Crippen molar-refractivity contribution in [3.63, 3.8) is 0 Å². The molecule has 8 nitrogen and oxygen atoms in total. The van der Waals surface area contributed by atoms with Crippen molar-refractivity contribution < 1.29 is 14.3 Å². The van der Waals surface area contributed by atoms with Crippen molar-refractivity contribution in [2.45, 2.75) is 39.7 Å². The Balaban J connectivity index is 1.83. The van der Waals surface area contributed by atoms with Crippen molar-refractivity contribution in [3.8, 4) is 22.7 Å². The molecule has 1 amide bonds. The lowest BCUT2D eigenvalue weighted by Gasteiger charge is -2.41. The number of fused-ring (bicyclic) bond motifs is 1. The molecule has 0 aliphatic carbocycles. The van der Waals surface area contributed by atoms with E-state index < -0.39 is 5.82 Å². The maximum absolute atomic E-state index is 15.0. The number of aromatic hydroxyl groups is 1. The summed E-state index contributed by atoms with van der Waals surface area (Å²) in [4.78, 5) is 39.4. The molecule has 1 N–H and O–H groups in total. The van der Waals surface area contributed by atoms with Crippen molar-refractivity contribution in [3.05, 3.63) is 87.7 Å². The number of hydrogen-bond acceptors (Lipinski definition) is 6. The van der Waals surface area contributed by atoms with Crippen LogP contribution in [0.2, 0.25) is 5.02 Å². The topological polar surface area (TPSA) is 91.6 Å². The van der Waals surface area contributed by atoms with Crippen molar-refractivity contribution in [2.75, 3.05) is 24.5 Å². The van der Waals surface area contributed by atoms with Gasteiger partial charge in [-0.3, -0.25) is 19.1 Å². The average Bonchev–Trinajstić information content (AvgIpc) is 2.93. The van der Waals surface area contributed by atoms with Gasteiger partial charge in [0.1, 0.15) is 17.2 Å². The highest BCUT2D eigenvalue weighted by molar-refractivity contribution is 6.34. The van der Waals surface area contributed by atoms with Crippen LogP contribution >= 0.6 is 11.6 Å². The third-order valence-corrected chi connectivity index (χ3v) is 7.79. The molecule has 0 spiro atoms. The monoisotopic (exact) mass is 575 g/mol. The van der Waals surface area contributed by atoms with Crippen LogP contribution in [0, 0.1) is 12.7 Å². The third kappa shape index (κ3) is 4.95. The third-order valence-electron chi connectivity index (χ3n) is 7.50. The number of amides is 1. The van der Waals surface area contributed by atoms with E-state index in [9.17, 15) is 14.7 Å². The van der Waals surface area contributed by atoms with Crippen molar-refractivity contribution >= 4 is 34.2 Å². The molecule has 1 aliphatic rings. The van der Waals surface area contributed by atoms with Crippen LogP contribution in [0.15, 0.2) is 60.0 Å². The van der Waals surface area contributed by atoms with Gasteiger partial charge < -0.3 is 14.9 Å². The van der Waals surface area contributed by atoms with Crippen LogP contribution in [-0.4, -0.2) is 56.1 Å². The maximum atomic E-state index is 15.0. The van der Waals surface area contributed by atoms with Gasteiger partial charge in [-0.15, -0.1) is 0 Å². The molecule has 212 valence electrons. The summed E-state index contributed by atoms with van der Waals surface area (Å²) in [6, 6.07) is 8.87. The van der Waals surface area contributed by atoms with E-state index in [2.05, 4.69) is 16.5 Å². The van der Waals surface area contributed by atoms with Crippen LogP contribution in [0.25, 0.3) is 28.0 Å². The fraction of sp³-hybridized carbons (Fsp3) is 0.290. The Morgan fingerprint density at radius 1 is 1.24 bits per heavy atom. The molecule has 1 aliphatic heterocycles. The van der Waals surface area contributed by atoms with Gasteiger partial charge >= 0.3 is 0 Å². The number of benzene rings is 1. The Morgan fingerprint density at radius 2 is 2.00 bits per heavy atom. The van der Waals surface area contributed by atoms with E-state index >= 15 is 4.39 Å². The summed E-state index contributed by atoms with van der Waals surface area (Å²) in [5.74, 6) is -1.17. The summed E-state index contributed by atoms with van der Waals surface area (Å²) in [5.41, 5.74) is 2.49. The number of aromatic nitrogens is 3. The van der Waals surface area contributed by atoms with Crippen LogP contribution in [0.1, 0.15) is 37.9 Å². The number of halogens is 2. The molecule has 1 aromatic carbocycles. The van der Waals surface area contributed by atoms with E-state index in [-0.39, 0.29) is 51.1 Å². The number of piperazine rings is 1. The number of aryl methyl sites for hydroxylation is 1. The van der Waals surface area contributed by atoms with E-state index in [1.165, 1.54) is 28.8 Å². The first-order valence-electron chi connectivity index (χ1n) is 13.4. The highest BCUT2D eigenvalue weighted by atomic mass is 35.5. The molecule has 0 radical (unpaired) electrons. The molecule has 3 aromatic heterocycles. The smallest absolute Gasteiger partial charge is 0.258 e. The van der Waals surface area contributed by atoms with Gasteiger partial charge in [-0.05, 0) is 55.7 Å². The number of phenols is 1. The standard InChI is InChI=1S/C31H31ClFN5O3/c1-6-25(40)36-12-13-37(19(5)16-36)23-15-26(41)38(30-18(4)10-11-34-28(30)17(2)3)31-20(23)14-21(32)29(35-31)27-22(33)8-7-9-24(27)39/h6-11,14-15,17,19,39H,1,12-13,16H2,2-5H3. The number of hydrogen-bond donors (Lipinski definition) is 1. The fourth-order valence-corrected chi connectivity index (χ4v) is 5.75. The number of carbonyl (C=O) groups excluding carboxylic acids is 1. The van der Waals surface area contributed by atoms with Crippen LogP contribution in [0.3, 0.4) is 0 Å². The Labute approximate surface area is 242 Å². The number of pyridine rings is 3. The van der Waals surface area contributed by atoms with E-state index in [4.69, 9.17) is 16.6 Å². The summed E-state index contributed by atoms with van der Waals surface area (Å²) in [7, 11) is 0. The van der Waals surface area contributed by atoms with Gasteiger partial charge in [0.05, 0.1) is 33.3 Å². The second-order valence-corrected chi connectivity index (χ2v) is 11.0. The van der Waals surface area contributed by atoms with Crippen molar-refractivity contribution in [1.82, 2.24) is 19.4 Å². The molecule has 0 bridgehead atoms. The predicted molar refractivity (Wildman–Crippen MR) is 160 cm³/mol. The zero-order chi connectivity index (χ0) is 29.6. The number of nitrogens with zero attached hydrogens (tertiary/aromatic N) is 5. The Bertz CT molecular complexity index is 1730. The lowest BCUT2D eigenvalue weighted by Crippen LogP contribution is -2.53. The molecule has 1 saturated heterocycles. The zero-order valence-electron chi connectivity index (χ0n) is 23.4. The van der Waals surface area contributed by atoms with Crippen LogP contribution in [0.5, 0.6) is 5.75 Å². The van der Waals surface area contributed by atoms with Crippen molar-refractivity contribution in [1.29, 1.82) is 0 Å². The summed E-state index contributed by atoms with van der Waals surface area (Å²) < 4.78 is 16.5. The molecular weight excluding hydrogens is 545 g/mol. The van der Waals surface area contributed by atoms with Crippen LogP contribution < -0.4 is 10.5 Å². The normalized spacial score (nSPS) is 15.5. The Morgan fingerprint density at radius 3 is 2.66 bits per heavy atom. The minimum Gasteiger partial charge on any atom is -0.507 e. The summed E-state index contributed by atoms with van der Waals surface area (Å²) in [6.45, 7) is 12.8. The second-order valence-electron chi connectivity index (χ2n) is 10.6. The summed E-state index contributed by atoms with van der Waals surface area (Å²) >= 11 is 6.74. The molecule has 4 heterocycles.